The standard InChI is InChI=1S/C15H11Br2Cl2NO3/c16-13(8-5-6-10(18)11(19)7-8)14(17)15(21)9-3-1-2-4-12(9)20(22)23/h1-7,13-14,20,22H. The lowest BCUT2D eigenvalue weighted by atomic mass is 10.0. The minimum Gasteiger partial charge on any atom is -0.595 e. The van der Waals surface area contributed by atoms with Crippen molar-refractivity contribution < 1.29 is 15.2 Å². The van der Waals surface area contributed by atoms with E-state index in [1.165, 1.54) is 12.1 Å². The molecule has 2 rings (SSSR count). The van der Waals surface area contributed by atoms with Crippen molar-refractivity contribution in [1.29, 1.82) is 0 Å². The topological polar surface area (TPSA) is 64.8 Å². The highest BCUT2D eigenvalue weighted by molar-refractivity contribution is 9.12. The number of carbonyl (C=O) groups excluding carboxylic acids is 1. The van der Waals surface area contributed by atoms with Crippen LogP contribution in [-0.2, 0) is 0 Å². The summed E-state index contributed by atoms with van der Waals surface area (Å²) < 4.78 is 0. The summed E-state index contributed by atoms with van der Waals surface area (Å²) in [4.78, 5) is 11.6. The van der Waals surface area contributed by atoms with Gasteiger partial charge in [0.2, 0.25) is 0 Å². The molecule has 0 heterocycles. The Morgan fingerprint density at radius 2 is 1.78 bits per heavy atom. The summed E-state index contributed by atoms with van der Waals surface area (Å²) in [6.45, 7) is 0. The predicted molar refractivity (Wildman–Crippen MR) is 97.4 cm³/mol. The van der Waals surface area contributed by atoms with Crippen LogP contribution in [-0.4, -0.2) is 15.8 Å². The van der Waals surface area contributed by atoms with Gasteiger partial charge in [-0.15, -0.1) is 0 Å². The molecule has 0 fully saturated rings. The number of Topliss-reactive ketones (excluding diaryl/α,β-unsaturated/α-hetero) is 1. The molecule has 0 bridgehead atoms. The molecule has 0 saturated carbocycles. The molecule has 0 radical (unpaired) electrons. The minimum absolute atomic E-state index is 0.0317. The second-order valence-corrected chi connectivity index (χ2v) is 7.48. The fraction of sp³-hybridized carbons (Fsp3) is 0.133. The number of benzene rings is 2. The molecule has 0 aliphatic heterocycles. The van der Waals surface area contributed by atoms with Crippen molar-refractivity contribution in [2.75, 3.05) is 0 Å². The maximum Gasteiger partial charge on any atom is 0.184 e. The molecule has 122 valence electrons. The number of hydrogen-bond acceptors (Lipinski definition) is 3. The third kappa shape index (κ3) is 4.33. The minimum atomic E-state index is -1.14. The van der Waals surface area contributed by atoms with Crippen molar-refractivity contribution in [3.63, 3.8) is 0 Å². The fourth-order valence-corrected chi connectivity index (χ4v) is 3.40. The van der Waals surface area contributed by atoms with Crippen molar-refractivity contribution >= 4 is 66.5 Å². The molecule has 8 heteroatoms. The zero-order valence-electron chi connectivity index (χ0n) is 11.5. The van der Waals surface area contributed by atoms with Gasteiger partial charge in [0, 0.05) is 6.07 Å². The first-order valence-corrected chi connectivity index (χ1v) is 9.01. The molecule has 23 heavy (non-hydrogen) atoms. The van der Waals surface area contributed by atoms with Crippen LogP contribution in [0.15, 0.2) is 42.5 Å². The number of para-hydroxylation sites is 1. The first-order chi connectivity index (χ1) is 10.8. The Morgan fingerprint density at radius 3 is 2.39 bits per heavy atom. The van der Waals surface area contributed by atoms with Crippen LogP contribution in [0.1, 0.15) is 20.7 Å². The van der Waals surface area contributed by atoms with E-state index in [2.05, 4.69) is 31.9 Å². The highest BCUT2D eigenvalue weighted by Crippen LogP contribution is 2.36. The summed E-state index contributed by atoms with van der Waals surface area (Å²) >= 11 is 18.7. The van der Waals surface area contributed by atoms with Crippen LogP contribution in [0.25, 0.3) is 0 Å². The molecule has 0 spiro atoms. The molecular formula is C15H11Br2Cl2NO3. The van der Waals surface area contributed by atoms with Gasteiger partial charge in [-0.2, -0.15) is 5.23 Å². The summed E-state index contributed by atoms with van der Waals surface area (Å²) in [5.74, 6) is -0.337. The summed E-state index contributed by atoms with van der Waals surface area (Å²) in [5.41, 5.74) is 0.865. The first kappa shape index (κ1) is 18.9. The lowest BCUT2D eigenvalue weighted by molar-refractivity contribution is -0.991. The Kier molecular flexibility index (Phi) is 6.62. The summed E-state index contributed by atoms with van der Waals surface area (Å²) in [6.07, 6.45) is 0. The van der Waals surface area contributed by atoms with Crippen molar-refractivity contribution in [2.24, 2.45) is 0 Å². The average molecular weight is 484 g/mol. The Bertz CT molecular complexity index is 728. The molecular weight excluding hydrogens is 473 g/mol. The highest BCUT2D eigenvalue weighted by Gasteiger charge is 2.29. The third-order valence-corrected chi connectivity index (χ3v) is 6.64. The maximum atomic E-state index is 12.6. The van der Waals surface area contributed by atoms with Gasteiger partial charge in [-0.3, -0.25) is 4.79 Å². The van der Waals surface area contributed by atoms with Gasteiger partial charge in [0.15, 0.2) is 11.5 Å². The largest absolute Gasteiger partial charge is 0.595 e. The van der Waals surface area contributed by atoms with Gasteiger partial charge in [0.1, 0.15) is 0 Å². The van der Waals surface area contributed by atoms with Crippen LogP contribution in [0.2, 0.25) is 10.0 Å². The molecule has 0 aliphatic rings. The van der Waals surface area contributed by atoms with E-state index in [0.717, 1.165) is 5.56 Å². The molecule has 3 unspecified atom stereocenters. The Hall–Kier alpha value is -0.470. The van der Waals surface area contributed by atoms with Gasteiger partial charge in [-0.05, 0) is 23.8 Å². The molecule has 2 aromatic rings. The molecule has 0 aliphatic carbocycles. The van der Waals surface area contributed by atoms with E-state index in [4.69, 9.17) is 23.2 Å². The average Bonchev–Trinajstić information content (AvgIpc) is 2.55. The van der Waals surface area contributed by atoms with Gasteiger partial charge in [-0.1, -0.05) is 73.3 Å². The van der Waals surface area contributed by atoms with E-state index in [0.29, 0.717) is 10.0 Å². The van der Waals surface area contributed by atoms with Crippen LogP contribution in [0.5, 0.6) is 0 Å². The zero-order valence-corrected chi connectivity index (χ0v) is 16.2. The van der Waals surface area contributed by atoms with Gasteiger partial charge in [-0.25, -0.2) is 5.21 Å². The van der Waals surface area contributed by atoms with Crippen molar-refractivity contribution in [1.82, 2.24) is 0 Å². The number of ketones is 1. The number of alkyl halides is 2. The van der Waals surface area contributed by atoms with Gasteiger partial charge >= 0.3 is 0 Å². The zero-order chi connectivity index (χ0) is 17.1. The van der Waals surface area contributed by atoms with E-state index >= 15 is 0 Å². The van der Waals surface area contributed by atoms with Crippen LogP contribution in [0, 0.1) is 5.21 Å². The van der Waals surface area contributed by atoms with Crippen molar-refractivity contribution in [3.8, 4) is 0 Å². The number of quaternary nitrogens is 1. The van der Waals surface area contributed by atoms with Crippen LogP contribution < -0.4 is 5.23 Å². The van der Waals surface area contributed by atoms with E-state index in [1.807, 2.05) is 0 Å². The maximum absolute atomic E-state index is 12.6. The molecule has 2 N–H and O–H groups in total. The van der Waals surface area contributed by atoms with Crippen molar-refractivity contribution in [2.45, 2.75) is 9.65 Å². The normalized spacial score (nSPS) is 15.0. The Labute approximate surface area is 159 Å². The molecule has 0 saturated heterocycles. The molecule has 0 amide bonds. The molecule has 4 nitrogen and oxygen atoms in total. The van der Waals surface area contributed by atoms with E-state index in [-0.39, 0.29) is 17.0 Å². The SMILES string of the molecule is O=C(c1ccccc1[NH+]([O-])O)C(Br)C(Br)c1ccc(Cl)c(Cl)c1. The van der Waals surface area contributed by atoms with Crippen LogP contribution >= 0.6 is 55.1 Å². The molecule has 2 aromatic carbocycles. The second kappa shape index (κ2) is 8.07. The smallest absolute Gasteiger partial charge is 0.184 e. The van der Waals surface area contributed by atoms with E-state index < -0.39 is 14.9 Å². The third-order valence-electron chi connectivity index (χ3n) is 3.19. The van der Waals surface area contributed by atoms with Gasteiger partial charge < -0.3 is 5.21 Å². The van der Waals surface area contributed by atoms with E-state index in [1.54, 1.807) is 30.3 Å². The fourth-order valence-electron chi connectivity index (χ4n) is 2.02. The number of halogens is 4. The Morgan fingerprint density at radius 1 is 1.13 bits per heavy atom. The van der Waals surface area contributed by atoms with Crippen LogP contribution in [0.3, 0.4) is 0 Å². The number of carbonyl (C=O) groups is 1. The number of nitrogens with one attached hydrogen (secondary N) is 1. The highest BCUT2D eigenvalue weighted by atomic mass is 79.9. The quantitative estimate of drug-likeness (QED) is 0.374. The van der Waals surface area contributed by atoms with Gasteiger partial charge in [0.05, 0.1) is 25.3 Å². The lowest BCUT2D eigenvalue weighted by Crippen LogP contribution is -2.99. The molecule has 3 atom stereocenters. The summed E-state index contributed by atoms with van der Waals surface area (Å²) in [5, 5.41) is 20.1. The van der Waals surface area contributed by atoms with Crippen molar-refractivity contribution in [3.05, 3.63) is 68.8 Å². The monoisotopic (exact) mass is 481 g/mol. The first-order valence-electron chi connectivity index (χ1n) is 6.42. The summed E-state index contributed by atoms with van der Waals surface area (Å²) in [7, 11) is 0. The number of rotatable bonds is 5. The number of hydrogen-bond donors (Lipinski definition) is 2. The van der Waals surface area contributed by atoms with Crippen LogP contribution in [0.4, 0.5) is 5.69 Å². The summed E-state index contributed by atoms with van der Waals surface area (Å²) in [6, 6.07) is 11.2. The van der Waals surface area contributed by atoms with Gasteiger partial charge in [0.25, 0.3) is 0 Å². The predicted octanol–water partition coefficient (Wildman–Crippen LogP) is 4.48. The lowest BCUT2D eigenvalue weighted by Gasteiger charge is -2.19. The second-order valence-electron chi connectivity index (χ2n) is 4.69. The van der Waals surface area contributed by atoms with E-state index in [9.17, 15) is 15.2 Å². The molecule has 0 aromatic heterocycles. The Balaban J connectivity index is 2.30.